The maximum Gasteiger partial charge on any atom is 0.191 e. The minimum Gasteiger partial charge on any atom is -0.385 e. The second kappa shape index (κ2) is 14.5. The molecule has 2 N–H and O–H groups in total. The lowest BCUT2D eigenvalue weighted by molar-refractivity contribution is 0.125. The van der Waals surface area contributed by atoms with E-state index >= 15 is 0 Å². The number of hydrogen-bond acceptors (Lipinski definition) is 5. The Balaban J connectivity index is 0.00000392. The highest BCUT2D eigenvalue weighted by Gasteiger charge is 2.31. The van der Waals surface area contributed by atoms with Crippen molar-refractivity contribution < 1.29 is 4.74 Å². The number of ether oxygens (including phenoxy) is 1. The molecule has 0 saturated carbocycles. The molecule has 2 heterocycles. The Labute approximate surface area is 192 Å². The molecular weight excluding hydrogens is 485 g/mol. The largest absolute Gasteiger partial charge is 0.385 e. The fourth-order valence-corrected chi connectivity index (χ4v) is 4.77. The van der Waals surface area contributed by atoms with Crippen molar-refractivity contribution in [2.75, 3.05) is 67.6 Å². The quantitative estimate of drug-likeness (QED) is 0.214. The smallest absolute Gasteiger partial charge is 0.191 e. The molecule has 1 fully saturated rings. The van der Waals surface area contributed by atoms with Crippen molar-refractivity contribution in [3.63, 3.8) is 0 Å². The number of nitrogens with one attached hydrogen (secondary N) is 2. The van der Waals surface area contributed by atoms with Crippen LogP contribution in [0.5, 0.6) is 0 Å². The van der Waals surface area contributed by atoms with Gasteiger partial charge in [-0.2, -0.15) is 0 Å². The van der Waals surface area contributed by atoms with E-state index in [1.165, 1.54) is 24.3 Å². The van der Waals surface area contributed by atoms with Gasteiger partial charge in [0.1, 0.15) is 0 Å². The van der Waals surface area contributed by atoms with Crippen LogP contribution in [0.15, 0.2) is 22.5 Å². The molecule has 2 atom stereocenters. The third-order valence-electron chi connectivity index (χ3n) is 5.27. The summed E-state index contributed by atoms with van der Waals surface area (Å²) in [5, 5.41) is 9.19. The highest BCUT2D eigenvalue weighted by atomic mass is 127. The molecule has 0 aromatic carbocycles. The fraction of sp³-hybridized carbons (Fsp3) is 0.750. The molecule has 1 aliphatic heterocycles. The van der Waals surface area contributed by atoms with Gasteiger partial charge >= 0.3 is 0 Å². The summed E-state index contributed by atoms with van der Waals surface area (Å²) in [6, 6.07) is 4.95. The van der Waals surface area contributed by atoms with Gasteiger partial charge in [0.15, 0.2) is 5.96 Å². The van der Waals surface area contributed by atoms with Crippen molar-refractivity contribution in [1.82, 2.24) is 20.4 Å². The number of halogens is 1. The Kier molecular flexibility index (Phi) is 13.3. The molecule has 28 heavy (non-hydrogen) atoms. The van der Waals surface area contributed by atoms with Crippen molar-refractivity contribution in [3.8, 4) is 0 Å². The molecular formula is C20H38IN5OS. The number of nitrogens with zero attached hydrogens (tertiary/aromatic N) is 3. The summed E-state index contributed by atoms with van der Waals surface area (Å²) in [4.78, 5) is 10.7. The normalized spacial score (nSPS) is 20.8. The molecule has 8 heteroatoms. The minimum absolute atomic E-state index is 0. The van der Waals surface area contributed by atoms with Gasteiger partial charge in [0, 0.05) is 57.9 Å². The Morgan fingerprint density at radius 1 is 1.39 bits per heavy atom. The predicted molar refractivity (Wildman–Crippen MR) is 131 cm³/mol. The molecule has 162 valence electrons. The van der Waals surface area contributed by atoms with Crippen LogP contribution in [-0.2, 0) is 4.74 Å². The van der Waals surface area contributed by atoms with E-state index in [-0.39, 0.29) is 24.0 Å². The molecule has 1 aromatic heterocycles. The van der Waals surface area contributed by atoms with E-state index in [1.807, 2.05) is 18.4 Å². The lowest BCUT2D eigenvalue weighted by atomic mass is 9.88. The zero-order chi connectivity index (χ0) is 19.5. The summed E-state index contributed by atoms with van der Waals surface area (Å²) in [6.45, 7) is 5.90. The number of guanidine groups is 1. The first-order valence-corrected chi connectivity index (χ1v) is 10.9. The minimum atomic E-state index is 0. The fourth-order valence-electron chi connectivity index (χ4n) is 3.79. The van der Waals surface area contributed by atoms with E-state index in [1.54, 1.807) is 7.11 Å². The van der Waals surface area contributed by atoms with Crippen molar-refractivity contribution in [1.29, 1.82) is 0 Å². The van der Waals surface area contributed by atoms with E-state index < -0.39 is 0 Å². The molecule has 0 amide bonds. The van der Waals surface area contributed by atoms with E-state index in [9.17, 15) is 0 Å². The maximum absolute atomic E-state index is 5.11. The zero-order valence-corrected chi connectivity index (χ0v) is 21.0. The topological polar surface area (TPSA) is 52.1 Å². The van der Waals surface area contributed by atoms with Crippen LogP contribution in [-0.4, -0.2) is 83.3 Å². The lowest BCUT2D eigenvalue weighted by Gasteiger charge is -2.39. The van der Waals surface area contributed by atoms with E-state index in [0.29, 0.717) is 12.0 Å². The molecule has 2 unspecified atom stereocenters. The Hall–Kier alpha value is -0.420. The van der Waals surface area contributed by atoms with Crippen LogP contribution in [0.1, 0.15) is 30.2 Å². The van der Waals surface area contributed by atoms with Gasteiger partial charge in [-0.05, 0) is 57.3 Å². The Morgan fingerprint density at radius 2 is 2.21 bits per heavy atom. The van der Waals surface area contributed by atoms with Crippen LogP contribution in [0, 0.1) is 5.92 Å². The van der Waals surface area contributed by atoms with Crippen molar-refractivity contribution in [3.05, 3.63) is 22.4 Å². The van der Waals surface area contributed by atoms with Gasteiger partial charge in [-0.25, -0.2) is 0 Å². The van der Waals surface area contributed by atoms with Gasteiger partial charge in [0.25, 0.3) is 0 Å². The van der Waals surface area contributed by atoms with Gasteiger partial charge in [0.2, 0.25) is 0 Å². The van der Waals surface area contributed by atoms with Crippen LogP contribution in [0.2, 0.25) is 0 Å². The van der Waals surface area contributed by atoms with Crippen LogP contribution < -0.4 is 10.6 Å². The second-order valence-corrected chi connectivity index (χ2v) is 8.35. The molecule has 1 aliphatic rings. The lowest BCUT2D eigenvalue weighted by Crippen LogP contribution is -2.46. The zero-order valence-electron chi connectivity index (χ0n) is 17.8. The van der Waals surface area contributed by atoms with E-state index in [0.717, 1.165) is 45.2 Å². The number of rotatable bonds is 10. The van der Waals surface area contributed by atoms with Gasteiger partial charge in [-0.3, -0.25) is 9.89 Å². The first kappa shape index (κ1) is 25.6. The van der Waals surface area contributed by atoms with Crippen molar-refractivity contribution in [2.24, 2.45) is 10.9 Å². The number of aliphatic imine (C=N–C) groups is 1. The summed E-state index contributed by atoms with van der Waals surface area (Å²) in [5.74, 6) is 1.51. The van der Waals surface area contributed by atoms with E-state index in [4.69, 9.17) is 4.74 Å². The summed E-state index contributed by atoms with van der Waals surface area (Å²) >= 11 is 1.87. The number of likely N-dealkylation sites (tertiary alicyclic amines) is 1. The average Bonchev–Trinajstić information content (AvgIpc) is 3.19. The van der Waals surface area contributed by atoms with Crippen LogP contribution in [0.4, 0.5) is 0 Å². The first-order chi connectivity index (χ1) is 13.2. The predicted octanol–water partition coefficient (Wildman–Crippen LogP) is 2.88. The number of piperidine rings is 1. The summed E-state index contributed by atoms with van der Waals surface area (Å²) in [6.07, 6.45) is 3.60. The van der Waals surface area contributed by atoms with Crippen LogP contribution >= 0.6 is 35.3 Å². The first-order valence-electron chi connectivity index (χ1n) is 10.0. The molecule has 6 nitrogen and oxygen atoms in total. The SMILES string of the molecule is CN=C(NCCN(C)CCCOC)NCC1CCCN(C)C1c1cccs1.I. The van der Waals surface area contributed by atoms with Crippen molar-refractivity contribution in [2.45, 2.75) is 25.3 Å². The standard InChI is InChI=1S/C20H37N5OS.HI/c1-21-20(22-10-13-24(2)11-7-14-26-4)23-16-17-8-5-12-25(3)19(17)18-9-6-15-27-18;/h6,9,15,17,19H,5,7-8,10-14,16H2,1-4H3,(H2,21,22,23);1H. The summed E-state index contributed by atoms with van der Waals surface area (Å²) in [7, 11) is 8.01. The van der Waals surface area contributed by atoms with Crippen molar-refractivity contribution >= 4 is 41.3 Å². The molecule has 2 rings (SSSR count). The Morgan fingerprint density at radius 3 is 2.89 bits per heavy atom. The molecule has 0 radical (unpaired) electrons. The van der Waals surface area contributed by atoms with Gasteiger partial charge in [0.05, 0.1) is 0 Å². The van der Waals surface area contributed by atoms with E-state index in [2.05, 4.69) is 57.0 Å². The van der Waals surface area contributed by atoms with Gasteiger partial charge in [-0.1, -0.05) is 6.07 Å². The summed E-state index contributed by atoms with van der Waals surface area (Å²) < 4.78 is 5.11. The highest BCUT2D eigenvalue weighted by molar-refractivity contribution is 14.0. The second-order valence-electron chi connectivity index (χ2n) is 7.37. The highest BCUT2D eigenvalue weighted by Crippen LogP contribution is 2.36. The molecule has 0 spiro atoms. The number of methoxy groups -OCH3 is 1. The maximum atomic E-state index is 5.11. The average molecular weight is 524 g/mol. The molecule has 1 saturated heterocycles. The molecule has 0 aliphatic carbocycles. The third kappa shape index (κ3) is 8.52. The van der Waals surface area contributed by atoms with Gasteiger partial charge in [-0.15, -0.1) is 35.3 Å². The third-order valence-corrected chi connectivity index (χ3v) is 6.21. The molecule has 1 aromatic rings. The van der Waals surface area contributed by atoms with Gasteiger partial charge < -0.3 is 20.3 Å². The van der Waals surface area contributed by atoms with Crippen LogP contribution in [0.3, 0.4) is 0 Å². The number of hydrogen-bond donors (Lipinski definition) is 2. The summed E-state index contributed by atoms with van der Waals surface area (Å²) in [5.41, 5.74) is 0. The van der Waals surface area contributed by atoms with Crippen LogP contribution in [0.25, 0.3) is 0 Å². The number of thiophene rings is 1. The Bertz CT molecular complexity index is 543. The number of likely N-dealkylation sites (N-methyl/N-ethyl adjacent to an activating group) is 1. The molecule has 0 bridgehead atoms. The monoisotopic (exact) mass is 523 g/mol.